The number of hydrogen-bond acceptors (Lipinski definition) is 8. The first-order chi connectivity index (χ1) is 17.4. The Morgan fingerprint density at radius 3 is 2.67 bits per heavy atom. The van der Waals surface area contributed by atoms with Crippen molar-refractivity contribution in [3.63, 3.8) is 0 Å². The number of amides is 2. The number of benzene rings is 2. The molecule has 0 aliphatic heterocycles. The smallest absolute Gasteiger partial charge is 0.258 e. The zero-order valence-corrected chi connectivity index (χ0v) is 21.9. The maximum Gasteiger partial charge on any atom is 0.258 e. The van der Waals surface area contributed by atoms with Crippen molar-refractivity contribution >= 4 is 51.6 Å². The van der Waals surface area contributed by atoms with Gasteiger partial charge in [0.05, 0.1) is 18.0 Å². The van der Waals surface area contributed by atoms with E-state index in [0.29, 0.717) is 26.9 Å². The van der Waals surface area contributed by atoms with Gasteiger partial charge in [0, 0.05) is 16.6 Å². The minimum Gasteiger partial charge on any atom is -0.484 e. The van der Waals surface area contributed by atoms with Crippen molar-refractivity contribution in [1.82, 2.24) is 25.1 Å². The highest BCUT2D eigenvalue weighted by molar-refractivity contribution is 7.99. The minimum atomic E-state index is -0.308. The van der Waals surface area contributed by atoms with Gasteiger partial charge >= 0.3 is 0 Å². The summed E-state index contributed by atoms with van der Waals surface area (Å²) in [6.45, 7) is 3.96. The maximum atomic E-state index is 12.4. The molecule has 0 saturated carbocycles. The van der Waals surface area contributed by atoms with Gasteiger partial charge in [-0.2, -0.15) is 0 Å². The normalized spacial score (nSPS) is 10.8. The second-order valence-corrected chi connectivity index (χ2v) is 9.99. The molecule has 4 aromatic rings. The Labute approximate surface area is 221 Å². The summed E-state index contributed by atoms with van der Waals surface area (Å²) in [5.74, 6) is 0.704. The summed E-state index contributed by atoms with van der Waals surface area (Å²) in [7, 11) is 0. The van der Waals surface area contributed by atoms with Crippen molar-refractivity contribution in [3.8, 4) is 11.4 Å². The molecule has 2 aromatic heterocycles. The molecule has 2 amide bonds. The number of thioether (sulfide) groups is 1. The van der Waals surface area contributed by atoms with E-state index in [0.717, 1.165) is 16.8 Å². The van der Waals surface area contributed by atoms with Crippen LogP contribution in [0.5, 0.6) is 5.75 Å². The van der Waals surface area contributed by atoms with Crippen LogP contribution in [0.25, 0.3) is 5.69 Å². The fourth-order valence-corrected chi connectivity index (χ4v) is 4.62. The number of ether oxygens (including phenoxy) is 1. The molecule has 0 atom stereocenters. The third-order valence-corrected chi connectivity index (χ3v) is 6.81. The highest BCUT2D eigenvalue weighted by Gasteiger charge is 2.18. The van der Waals surface area contributed by atoms with E-state index in [4.69, 9.17) is 16.3 Å². The Morgan fingerprint density at radius 2 is 1.92 bits per heavy atom. The zero-order chi connectivity index (χ0) is 25.5. The Hall–Kier alpha value is -3.41. The number of anilines is 1. The van der Waals surface area contributed by atoms with E-state index in [9.17, 15) is 9.59 Å². The number of nitrogens with zero attached hydrogens (tertiary/aromatic N) is 4. The molecule has 36 heavy (non-hydrogen) atoms. The van der Waals surface area contributed by atoms with Crippen LogP contribution in [0, 0.1) is 13.8 Å². The number of hydrogen-bond donors (Lipinski definition) is 2. The van der Waals surface area contributed by atoms with E-state index in [1.54, 1.807) is 35.8 Å². The lowest BCUT2D eigenvalue weighted by molar-refractivity contribution is -0.123. The van der Waals surface area contributed by atoms with E-state index in [1.165, 1.54) is 23.1 Å². The molecule has 186 valence electrons. The Bertz CT molecular complexity index is 1340. The van der Waals surface area contributed by atoms with Gasteiger partial charge in [-0.3, -0.25) is 14.2 Å². The Morgan fingerprint density at radius 1 is 1.11 bits per heavy atom. The summed E-state index contributed by atoms with van der Waals surface area (Å²) in [5, 5.41) is 17.6. The monoisotopic (exact) mass is 542 g/mol. The molecular weight excluding hydrogens is 520 g/mol. The van der Waals surface area contributed by atoms with Crippen LogP contribution < -0.4 is 15.4 Å². The van der Waals surface area contributed by atoms with Gasteiger partial charge in [-0.05, 0) is 55.3 Å². The second-order valence-electron chi connectivity index (χ2n) is 7.72. The number of nitrogens with one attached hydrogen (secondary N) is 2. The van der Waals surface area contributed by atoms with E-state index in [-0.39, 0.29) is 30.7 Å². The molecule has 2 N–H and O–H groups in total. The van der Waals surface area contributed by atoms with E-state index in [1.807, 2.05) is 36.6 Å². The van der Waals surface area contributed by atoms with Crippen molar-refractivity contribution < 1.29 is 14.3 Å². The van der Waals surface area contributed by atoms with Crippen molar-refractivity contribution in [3.05, 3.63) is 76.0 Å². The standard InChI is InChI=1S/C24H23ClN6O3S2/c1-15-3-4-16(2)19(11-15)31-20(12-27-21(32)13-34-18-7-5-17(25)6-8-18)29-30-24(31)36-14-22(33)28-23-26-9-10-35-23/h3-11H,12-14H2,1-2H3,(H,27,32)(H,26,28,33). The lowest BCUT2D eigenvalue weighted by atomic mass is 10.1. The lowest BCUT2D eigenvalue weighted by Crippen LogP contribution is -2.29. The summed E-state index contributed by atoms with van der Waals surface area (Å²) < 4.78 is 7.37. The van der Waals surface area contributed by atoms with Crippen molar-refractivity contribution in [1.29, 1.82) is 0 Å². The van der Waals surface area contributed by atoms with E-state index < -0.39 is 0 Å². The first-order valence-corrected chi connectivity index (χ1v) is 13.1. The third-order valence-electron chi connectivity index (χ3n) is 4.94. The highest BCUT2D eigenvalue weighted by atomic mass is 35.5. The SMILES string of the molecule is Cc1ccc(C)c(-n2c(CNC(=O)COc3ccc(Cl)cc3)nnc2SCC(=O)Nc2nccs2)c1. The van der Waals surface area contributed by atoms with Gasteiger partial charge in [-0.15, -0.1) is 21.5 Å². The highest BCUT2D eigenvalue weighted by Crippen LogP contribution is 2.25. The van der Waals surface area contributed by atoms with Gasteiger partial charge in [-0.25, -0.2) is 4.98 Å². The molecule has 2 heterocycles. The molecule has 0 saturated heterocycles. The maximum absolute atomic E-state index is 12.4. The topological polar surface area (TPSA) is 111 Å². The van der Waals surface area contributed by atoms with Crippen LogP contribution in [0.1, 0.15) is 17.0 Å². The van der Waals surface area contributed by atoms with E-state index >= 15 is 0 Å². The first-order valence-electron chi connectivity index (χ1n) is 10.9. The number of carbonyl (C=O) groups excluding carboxylic acids is 2. The molecule has 0 radical (unpaired) electrons. The molecule has 0 unspecified atom stereocenters. The number of aryl methyl sites for hydroxylation is 2. The fourth-order valence-electron chi connectivity index (χ4n) is 3.19. The number of aromatic nitrogens is 4. The molecule has 12 heteroatoms. The Kier molecular flexibility index (Phi) is 8.57. The van der Waals surface area contributed by atoms with Crippen LogP contribution in [0.3, 0.4) is 0 Å². The molecule has 2 aromatic carbocycles. The summed E-state index contributed by atoms with van der Waals surface area (Å²) in [6, 6.07) is 12.8. The fraction of sp³-hybridized carbons (Fsp3) is 0.208. The largest absolute Gasteiger partial charge is 0.484 e. The molecule has 0 bridgehead atoms. The van der Waals surface area contributed by atoms with Crippen molar-refractivity contribution in [2.45, 2.75) is 25.5 Å². The Balaban J connectivity index is 1.46. The van der Waals surface area contributed by atoms with Gasteiger partial charge in [0.2, 0.25) is 5.91 Å². The van der Waals surface area contributed by atoms with Gasteiger partial charge in [0.1, 0.15) is 5.75 Å². The number of halogens is 1. The van der Waals surface area contributed by atoms with Gasteiger partial charge in [0.25, 0.3) is 5.91 Å². The van der Waals surface area contributed by atoms with Crippen molar-refractivity contribution in [2.75, 3.05) is 17.7 Å². The quantitative estimate of drug-likeness (QED) is 0.285. The van der Waals surface area contributed by atoms with Gasteiger partial charge in [-0.1, -0.05) is 35.5 Å². The molecular formula is C24H23ClN6O3S2. The predicted molar refractivity (Wildman–Crippen MR) is 141 cm³/mol. The molecule has 4 rings (SSSR count). The van der Waals surface area contributed by atoms with Gasteiger partial charge < -0.3 is 15.4 Å². The molecule has 0 spiro atoms. The van der Waals surface area contributed by atoms with Crippen LogP contribution >= 0.6 is 34.7 Å². The first kappa shape index (κ1) is 25.7. The minimum absolute atomic E-state index is 0.129. The summed E-state index contributed by atoms with van der Waals surface area (Å²) >= 11 is 8.48. The summed E-state index contributed by atoms with van der Waals surface area (Å²) in [5.41, 5.74) is 2.95. The van der Waals surface area contributed by atoms with Crippen LogP contribution in [-0.2, 0) is 16.1 Å². The summed E-state index contributed by atoms with van der Waals surface area (Å²) in [4.78, 5) is 28.9. The summed E-state index contributed by atoms with van der Waals surface area (Å²) in [6.07, 6.45) is 1.63. The molecule has 0 aliphatic carbocycles. The van der Waals surface area contributed by atoms with Crippen LogP contribution in [0.4, 0.5) is 5.13 Å². The average molecular weight is 543 g/mol. The second kappa shape index (κ2) is 12.0. The number of thiazole rings is 1. The van der Waals surface area contributed by atoms with E-state index in [2.05, 4.69) is 25.8 Å². The van der Waals surface area contributed by atoms with Crippen LogP contribution in [0.2, 0.25) is 5.02 Å². The predicted octanol–water partition coefficient (Wildman–Crippen LogP) is 4.42. The van der Waals surface area contributed by atoms with Crippen LogP contribution in [-0.4, -0.2) is 43.9 Å². The lowest BCUT2D eigenvalue weighted by Gasteiger charge is -2.14. The third kappa shape index (κ3) is 6.84. The average Bonchev–Trinajstić information content (AvgIpc) is 3.52. The number of rotatable bonds is 10. The van der Waals surface area contributed by atoms with Gasteiger partial charge in [0.15, 0.2) is 22.7 Å². The molecule has 0 fully saturated rings. The zero-order valence-electron chi connectivity index (χ0n) is 19.5. The van der Waals surface area contributed by atoms with Crippen molar-refractivity contribution in [2.24, 2.45) is 0 Å². The molecule has 0 aliphatic rings. The van der Waals surface area contributed by atoms with Crippen LogP contribution in [0.15, 0.2) is 59.2 Å². The number of carbonyl (C=O) groups is 2. The molecule has 9 nitrogen and oxygen atoms in total.